The molecule has 0 spiro atoms. The second-order valence-electron chi connectivity index (χ2n) is 7.09. The number of rotatable bonds is 4. The van der Waals surface area contributed by atoms with E-state index in [4.69, 9.17) is 5.73 Å². The average molecular weight is 407 g/mol. The van der Waals surface area contributed by atoms with Gasteiger partial charge in [-0.05, 0) is 31.9 Å². The molecule has 29 heavy (non-hydrogen) atoms. The maximum atomic E-state index is 12.9. The van der Waals surface area contributed by atoms with Crippen molar-refractivity contribution in [3.63, 3.8) is 0 Å². The minimum Gasteiger partial charge on any atom is -0.366 e. The first-order valence-corrected chi connectivity index (χ1v) is 10.3. The van der Waals surface area contributed by atoms with E-state index in [2.05, 4.69) is 15.0 Å². The van der Waals surface area contributed by atoms with Gasteiger partial charge in [-0.1, -0.05) is 12.1 Å². The van der Waals surface area contributed by atoms with Crippen molar-refractivity contribution in [2.45, 2.75) is 25.7 Å². The quantitative estimate of drug-likeness (QED) is 0.716. The molecule has 2 amide bonds. The van der Waals surface area contributed by atoms with Crippen molar-refractivity contribution in [1.29, 1.82) is 0 Å². The van der Waals surface area contributed by atoms with E-state index >= 15 is 0 Å². The van der Waals surface area contributed by atoms with Gasteiger partial charge in [0.15, 0.2) is 0 Å². The summed E-state index contributed by atoms with van der Waals surface area (Å²) in [5.41, 5.74) is 10.7. The zero-order valence-corrected chi connectivity index (χ0v) is 16.9. The first kappa shape index (κ1) is 19.2. The second kappa shape index (κ2) is 8.08. The summed E-state index contributed by atoms with van der Waals surface area (Å²) in [6.45, 7) is 3.16. The van der Waals surface area contributed by atoms with Crippen LogP contribution in [0.3, 0.4) is 0 Å². The Morgan fingerprint density at radius 1 is 1.21 bits per heavy atom. The van der Waals surface area contributed by atoms with E-state index in [0.29, 0.717) is 17.0 Å². The summed E-state index contributed by atoms with van der Waals surface area (Å²) in [6.07, 6.45) is 5.13. The summed E-state index contributed by atoms with van der Waals surface area (Å²) in [5.74, 6) is -0.385. The fourth-order valence-electron chi connectivity index (χ4n) is 3.73. The highest BCUT2D eigenvalue weighted by atomic mass is 32.1. The summed E-state index contributed by atoms with van der Waals surface area (Å²) >= 11 is 1.38. The zero-order chi connectivity index (χ0) is 20.4. The van der Waals surface area contributed by atoms with Crippen LogP contribution in [0.25, 0.3) is 11.3 Å². The molecule has 1 aliphatic rings. The smallest absolute Gasteiger partial charge is 0.265 e. The van der Waals surface area contributed by atoms with Gasteiger partial charge in [0.1, 0.15) is 4.88 Å². The minimum absolute atomic E-state index is 0.0240. The van der Waals surface area contributed by atoms with Crippen molar-refractivity contribution >= 4 is 23.2 Å². The number of aromatic nitrogens is 3. The first-order valence-electron chi connectivity index (χ1n) is 9.45. The molecule has 0 saturated carbocycles. The number of hydrogen-bond donors (Lipinski definition) is 1. The van der Waals surface area contributed by atoms with Crippen LogP contribution in [0.4, 0.5) is 0 Å². The minimum atomic E-state index is -0.480. The fourth-order valence-corrected chi connectivity index (χ4v) is 4.49. The first-order chi connectivity index (χ1) is 14.0. The Kier molecular flexibility index (Phi) is 5.35. The van der Waals surface area contributed by atoms with Gasteiger partial charge in [0.05, 0.1) is 22.6 Å². The molecule has 1 saturated heterocycles. The highest BCUT2D eigenvalue weighted by Gasteiger charge is 2.29. The van der Waals surface area contributed by atoms with Crippen LogP contribution in [0.1, 0.15) is 50.2 Å². The Labute approximate surface area is 172 Å². The lowest BCUT2D eigenvalue weighted by molar-refractivity contribution is 0.0709. The molecule has 0 bridgehead atoms. The highest BCUT2D eigenvalue weighted by molar-refractivity contribution is 7.11. The third-order valence-electron chi connectivity index (χ3n) is 5.18. The van der Waals surface area contributed by atoms with Gasteiger partial charge >= 0.3 is 0 Å². The van der Waals surface area contributed by atoms with Crippen LogP contribution < -0.4 is 5.73 Å². The molecule has 1 aliphatic heterocycles. The zero-order valence-electron chi connectivity index (χ0n) is 16.0. The number of hydrogen-bond acceptors (Lipinski definition) is 6. The van der Waals surface area contributed by atoms with Crippen LogP contribution in [0.5, 0.6) is 0 Å². The van der Waals surface area contributed by atoms with Crippen molar-refractivity contribution < 1.29 is 9.59 Å². The molecular weight excluding hydrogens is 386 g/mol. The summed E-state index contributed by atoms with van der Waals surface area (Å²) in [6, 6.07) is 7.10. The van der Waals surface area contributed by atoms with Crippen molar-refractivity contribution in [2.75, 3.05) is 13.1 Å². The van der Waals surface area contributed by atoms with Crippen LogP contribution >= 0.6 is 11.3 Å². The van der Waals surface area contributed by atoms with E-state index in [1.54, 1.807) is 36.1 Å². The summed E-state index contributed by atoms with van der Waals surface area (Å²) in [4.78, 5) is 40.4. The molecule has 3 aromatic rings. The van der Waals surface area contributed by atoms with Crippen molar-refractivity contribution in [3.05, 3.63) is 64.0 Å². The lowest BCUT2D eigenvalue weighted by atomic mass is 9.91. The highest BCUT2D eigenvalue weighted by Crippen LogP contribution is 2.33. The molecule has 1 fully saturated rings. The number of thiazole rings is 1. The Balaban J connectivity index is 1.64. The number of piperidine rings is 1. The Bertz CT molecular complexity index is 1060. The number of carbonyl (C=O) groups is 2. The molecule has 7 nitrogen and oxygen atoms in total. The van der Waals surface area contributed by atoms with E-state index in [0.717, 1.165) is 42.0 Å². The molecule has 3 heterocycles. The van der Waals surface area contributed by atoms with Crippen molar-refractivity contribution in [3.8, 4) is 11.3 Å². The maximum Gasteiger partial charge on any atom is 0.265 e. The molecular formula is C21H21N5O2S. The fraction of sp³-hybridized carbons (Fsp3) is 0.286. The molecule has 148 valence electrons. The maximum absolute atomic E-state index is 12.9. The largest absolute Gasteiger partial charge is 0.366 e. The summed E-state index contributed by atoms with van der Waals surface area (Å²) in [5, 5.41) is 0. The van der Waals surface area contributed by atoms with Gasteiger partial charge in [-0.15, -0.1) is 11.3 Å². The van der Waals surface area contributed by atoms with Gasteiger partial charge in [-0.3, -0.25) is 19.6 Å². The standard InChI is InChI=1S/C21H21N5O2S/c1-13-19(29-12-25-13)21(28)26-9-3-6-16(11-26)18-17(23-7-8-24-18)14-4-2-5-15(10-14)20(22)27/h2,4-5,7-8,10,12,16H,3,6,9,11H2,1H3,(H2,22,27). The second-order valence-corrected chi connectivity index (χ2v) is 7.95. The molecule has 4 rings (SSSR count). The Hall–Kier alpha value is -3.13. The van der Waals surface area contributed by atoms with E-state index < -0.39 is 5.91 Å². The van der Waals surface area contributed by atoms with Crippen LogP contribution in [0.2, 0.25) is 0 Å². The third kappa shape index (κ3) is 3.88. The number of amides is 2. The number of benzene rings is 1. The van der Waals surface area contributed by atoms with Gasteiger partial charge in [0.2, 0.25) is 5.91 Å². The number of nitrogens with zero attached hydrogens (tertiary/aromatic N) is 4. The molecule has 0 radical (unpaired) electrons. The lowest BCUT2D eigenvalue weighted by Crippen LogP contribution is -2.39. The number of likely N-dealkylation sites (tertiary alicyclic amines) is 1. The molecule has 2 N–H and O–H groups in total. The lowest BCUT2D eigenvalue weighted by Gasteiger charge is -2.33. The van der Waals surface area contributed by atoms with E-state index in [1.165, 1.54) is 11.3 Å². The summed E-state index contributed by atoms with van der Waals surface area (Å²) < 4.78 is 0. The SMILES string of the molecule is Cc1ncsc1C(=O)N1CCCC(c2nccnc2-c2cccc(C(N)=O)c2)C1. The van der Waals surface area contributed by atoms with E-state index in [1.807, 2.05) is 17.9 Å². The monoisotopic (exact) mass is 407 g/mol. The van der Waals surface area contributed by atoms with Crippen LogP contribution in [0, 0.1) is 6.92 Å². The summed E-state index contributed by atoms with van der Waals surface area (Å²) in [7, 11) is 0. The third-order valence-corrected chi connectivity index (χ3v) is 6.10. The van der Waals surface area contributed by atoms with Gasteiger partial charge in [0.25, 0.3) is 5.91 Å². The van der Waals surface area contributed by atoms with E-state index in [9.17, 15) is 9.59 Å². The van der Waals surface area contributed by atoms with Crippen molar-refractivity contribution in [2.24, 2.45) is 5.73 Å². The normalized spacial score (nSPS) is 16.6. The van der Waals surface area contributed by atoms with Gasteiger partial charge in [-0.2, -0.15) is 0 Å². The number of carbonyl (C=O) groups excluding carboxylic acids is 2. The molecule has 2 aromatic heterocycles. The molecule has 0 aliphatic carbocycles. The van der Waals surface area contributed by atoms with E-state index in [-0.39, 0.29) is 11.8 Å². The molecule has 1 atom stereocenters. The molecule has 1 aromatic carbocycles. The molecule has 1 unspecified atom stereocenters. The van der Waals surface area contributed by atoms with Crippen LogP contribution in [-0.4, -0.2) is 44.8 Å². The van der Waals surface area contributed by atoms with Crippen molar-refractivity contribution in [1.82, 2.24) is 19.9 Å². The molecule has 8 heteroatoms. The Morgan fingerprint density at radius 3 is 2.79 bits per heavy atom. The van der Waals surface area contributed by atoms with Crippen LogP contribution in [0.15, 0.2) is 42.2 Å². The van der Waals surface area contributed by atoms with Gasteiger partial charge in [0, 0.05) is 42.5 Å². The predicted octanol–water partition coefficient (Wildman–Crippen LogP) is 3.03. The average Bonchev–Trinajstić information content (AvgIpc) is 3.19. The Morgan fingerprint density at radius 2 is 2.03 bits per heavy atom. The van der Waals surface area contributed by atoms with Crippen LogP contribution in [-0.2, 0) is 0 Å². The topological polar surface area (TPSA) is 102 Å². The van der Waals surface area contributed by atoms with Gasteiger partial charge < -0.3 is 10.6 Å². The number of primary amides is 1. The number of nitrogens with two attached hydrogens (primary N) is 1. The van der Waals surface area contributed by atoms with Gasteiger partial charge in [-0.25, -0.2) is 4.98 Å². The predicted molar refractivity (Wildman–Crippen MR) is 111 cm³/mol. The number of aryl methyl sites for hydroxylation is 1.